The van der Waals surface area contributed by atoms with E-state index in [2.05, 4.69) is 52.5 Å². The molecule has 0 aromatic carbocycles. The molecule has 4 heteroatoms. The lowest BCUT2D eigenvalue weighted by molar-refractivity contribution is -0.106. The molecule has 0 aromatic heterocycles. The van der Waals surface area contributed by atoms with Gasteiger partial charge in [-0.05, 0) is 31.0 Å². The summed E-state index contributed by atoms with van der Waals surface area (Å²) in [5.74, 6) is 0.334. The van der Waals surface area contributed by atoms with E-state index in [9.17, 15) is 4.79 Å². The Hall–Kier alpha value is -2.07. The molecule has 1 saturated heterocycles. The number of hydrogen-bond acceptors (Lipinski definition) is 4. The highest BCUT2D eigenvalue weighted by Crippen LogP contribution is 2.38. The predicted molar refractivity (Wildman–Crippen MR) is 91.4 cm³/mol. The average Bonchev–Trinajstić information content (AvgIpc) is 2.91. The van der Waals surface area contributed by atoms with Crippen molar-refractivity contribution in [3.05, 3.63) is 59.0 Å². The summed E-state index contributed by atoms with van der Waals surface area (Å²) in [7, 11) is 2.19. The third kappa shape index (κ3) is 2.47. The van der Waals surface area contributed by atoms with Gasteiger partial charge in [-0.25, -0.2) is 0 Å². The van der Waals surface area contributed by atoms with Crippen molar-refractivity contribution in [2.45, 2.75) is 19.0 Å². The Kier molecular flexibility index (Phi) is 3.69. The third-order valence-corrected chi connectivity index (χ3v) is 5.37. The van der Waals surface area contributed by atoms with E-state index in [4.69, 9.17) is 0 Å². The number of carbonyl (C=O) groups excluding carboxylic acids is 1. The minimum atomic E-state index is 0.114. The van der Waals surface area contributed by atoms with Gasteiger partial charge in [0.2, 0.25) is 0 Å². The smallest absolute Gasteiger partial charge is 0.167 e. The highest BCUT2D eigenvalue weighted by atomic mass is 16.1. The summed E-state index contributed by atoms with van der Waals surface area (Å²) in [6.45, 7) is 3.01. The number of hydrogen-bond donors (Lipinski definition) is 1. The first-order chi connectivity index (χ1) is 11.3. The Morgan fingerprint density at radius 2 is 2.09 bits per heavy atom. The molecule has 4 nitrogen and oxygen atoms in total. The zero-order valence-electron chi connectivity index (χ0n) is 13.5. The molecule has 0 amide bonds. The molecular weight excluding hydrogens is 286 g/mol. The maximum Gasteiger partial charge on any atom is 0.167 e. The number of rotatable bonds is 1. The van der Waals surface area contributed by atoms with Crippen molar-refractivity contribution in [2.75, 3.05) is 26.7 Å². The van der Waals surface area contributed by atoms with E-state index in [0.29, 0.717) is 5.92 Å². The second kappa shape index (κ2) is 5.85. The lowest BCUT2D eigenvalue weighted by atomic mass is 9.81. The van der Waals surface area contributed by atoms with Crippen LogP contribution in [0.15, 0.2) is 59.0 Å². The van der Waals surface area contributed by atoms with E-state index in [1.54, 1.807) is 5.57 Å². The van der Waals surface area contributed by atoms with Crippen LogP contribution in [0.1, 0.15) is 12.8 Å². The molecule has 0 bridgehead atoms. The van der Waals surface area contributed by atoms with Crippen molar-refractivity contribution in [3.8, 4) is 0 Å². The van der Waals surface area contributed by atoms with Gasteiger partial charge in [0.15, 0.2) is 6.29 Å². The first kappa shape index (κ1) is 14.5. The zero-order valence-corrected chi connectivity index (χ0v) is 13.5. The van der Waals surface area contributed by atoms with Gasteiger partial charge >= 0.3 is 0 Å². The SMILES string of the molecule is CN1CCC(=C2C3C=CC=CC3=CCN3C(C=O)=CNC23)CC1. The van der Waals surface area contributed by atoms with Gasteiger partial charge in [0.25, 0.3) is 0 Å². The van der Waals surface area contributed by atoms with Gasteiger partial charge in [-0.2, -0.15) is 0 Å². The molecule has 120 valence electrons. The number of fused-ring (bicyclic) bond motifs is 2. The fourth-order valence-electron chi connectivity index (χ4n) is 4.06. The molecule has 0 aromatic rings. The number of likely N-dealkylation sites (tertiary alicyclic amines) is 1. The normalized spacial score (nSPS) is 30.2. The van der Waals surface area contributed by atoms with Crippen LogP contribution in [0.2, 0.25) is 0 Å². The molecule has 3 heterocycles. The Labute approximate surface area is 137 Å². The predicted octanol–water partition coefficient (Wildman–Crippen LogP) is 1.96. The summed E-state index contributed by atoms with van der Waals surface area (Å²) in [6.07, 6.45) is 16.2. The van der Waals surface area contributed by atoms with Crippen LogP contribution in [0.3, 0.4) is 0 Å². The highest BCUT2D eigenvalue weighted by Gasteiger charge is 2.36. The third-order valence-electron chi connectivity index (χ3n) is 5.37. The van der Waals surface area contributed by atoms with E-state index in [1.807, 2.05) is 6.20 Å². The molecule has 0 saturated carbocycles. The van der Waals surface area contributed by atoms with Crippen molar-refractivity contribution in [1.29, 1.82) is 0 Å². The van der Waals surface area contributed by atoms with E-state index in [-0.39, 0.29) is 6.17 Å². The summed E-state index contributed by atoms with van der Waals surface area (Å²) >= 11 is 0. The summed E-state index contributed by atoms with van der Waals surface area (Å²) in [5, 5.41) is 3.46. The van der Waals surface area contributed by atoms with E-state index >= 15 is 0 Å². The molecule has 2 atom stereocenters. The first-order valence-electron chi connectivity index (χ1n) is 8.41. The van der Waals surface area contributed by atoms with Crippen LogP contribution in [-0.2, 0) is 4.79 Å². The first-order valence-corrected chi connectivity index (χ1v) is 8.41. The molecular formula is C19H23N3O. The van der Waals surface area contributed by atoms with E-state index in [0.717, 1.165) is 44.5 Å². The Morgan fingerprint density at radius 3 is 2.87 bits per heavy atom. The number of carbonyl (C=O) groups is 1. The molecule has 0 spiro atoms. The molecule has 4 rings (SSSR count). The largest absolute Gasteiger partial charge is 0.366 e. The lowest BCUT2D eigenvalue weighted by Crippen LogP contribution is -2.41. The minimum Gasteiger partial charge on any atom is -0.366 e. The monoisotopic (exact) mass is 309 g/mol. The van der Waals surface area contributed by atoms with Crippen molar-refractivity contribution < 1.29 is 4.79 Å². The molecule has 1 aliphatic carbocycles. The summed E-state index contributed by atoms with van der Waals surface area (Å²) < 4.78 is 0. The minimum absolute atomic E-state index is 0.114. The van der Waals surface area contributed by atoms with Crippen LogP contribution in [0.25, 0.3) is 0 Å². The maximum atomic E-state index is 11.4. The van der Waals surface area contributed by atoms with Gasteiger partial charge in [0, 0.05) is 31.8 Å². The number of nitrogens with zero attached hydrogens (tertiary/aromatic N) is 2. The van der Waals surface area contributed by atoms with Gasteiger partial charge in [0.05, 0.1) is 5.70 Å². The molecule has 0 radical (unpaired) electrons. The Balaban J connectivity index is 1.78. The van der Waals surface area contributed by atoms with Gasteiger partial charge in [-0.1, -0.05) is 36.0 Å². The quantitative estimate of drug-likeness (QED) is 0.593. The topological polar surface area (TPSA) is 35.6 Å². The van der Waals surface area contributed by atoms with Gasteiger partial charge in [0.1, 0.15) is 6.17 Å². The number of nitrogens with one attached hydrogen (secondary N) is 1. The second-order valence-corrected chi connectivity index (χ2v) is 6.70. The highest BCUT2D eigenvalue weighted by molar-refractivity contribution is 5.73. The standard InChI is InChI=1S/C19H23N3O/c1-21-9-6-15(7-10-21)18-17-5-3-2-4-14(17)8-11-22-16(13-23)12-20-19(18)22/h2-5,8,12-13,17,19-20H,6-7,9-11H2,1H3. The fraction of sp³-hybridized carbons (Fsp3) is 0.421. The van der Waals surface area contributed by atoms with Gasteiger partial charge < -0.3 is 15.1 Å². The van der Waals surface area contributed by atoms with Crippen LogP contribution in [0.4, 0.5) is 0 Å². The molecule has 23 heavy (non-hydrogen) atoms. The van der Waals surface area contributed by atoms with Crippen molar-refractivity contribution in [2.24, 2.45) is 5.92 Å². The second-order valence-electron chi connectivity index (χ2n) is 6.70. The lowest BCUT2D eigenvalue weighted by Gasteiger charge is -2.34. The molecule has 3 aliphatic heterocycles. The summed E-state index contributed by atoms with van der Waals surface area (Å²) in [6, 6.07) is 0. The van der Waals surface area contributed by atoms with Crippen LogP contribution < -0.4 is 5.32 Å². The number of allylic oxidation sites excluding steroid dienone is 6. The van der Waals surface area contributed by atoms with Crippen molar-refractivity contribution in [3.63, 3.8) is 0 Å². The molecule has 2 unspecified atom stereocenters. The van der Waals surface area contributed by atoms with Crippen molar-refractivity contribution >= 4 is 6.29 Å². The van der Waals surface area contributed by atoms with E-state index < -0.39 is 0 Å². The zero-order chi connectivity index (χ0) is 15.8. The molecule has 1 N–H and O–H groups in total. The molecule has 4 aliphatic rings. The van der Waals surface area contributed by atoms with E-state index in [1.165, 1.54) is 11.1 Å². The summed E-state index contributed by atoms with van der Waals surface area (Å²) in [5.41, 5.74) is 5.12. The van der Waals surface area contributed by atoms with Crippen molar-refractivity contribution in [1.82, 2.24) is 15.1 Å². The maximum absolute atomic E-state index is 11.4. The van der Waals surface area contributed by atoms with Gasteiger partial charge in [-0.15, -0.1) is 0 Å². The van der Waals surface area contributed by atoms with Crippen LogP contribution >= 0.6 is 0 Å². The fourth-order valence-corrected chi connectivity index (χ4v) is 4.06. The van der Waals surface area contributed by atoms with Gasteiger partial charge in [-0.3, -0.25) is 4.79 Å². The van der Waals surface area contributed by atoms with Crippen LogP contribution in [0.5, 0.6) is 0 Å². The van der Waals surface area contributed by atoms with Crippen LogP contribution in [0, 0.1) is 5.92 Å². The number of aldehydes is 1. The Morgan fingerprint density at radius 1 is 1.26 bits per heavy atom. The Bertz CT molecular complexity index is 658. The average molecular weight is 309 g/mol. The van der Waals surface area contributed by atoms with Crippen LogP contribution in [-0.4, -0.2) is 48.9 Å². The molecule has 1 fully saturated rings. The number of piperidine rings is 1. The summed E-state index contributed by atoms with van der Waals surface area (Å²) in [4.78, 5) is 16.0.